The van der Waals surface area contributed by atoms with Crippen LogP contribution >= 0.6 is 15.9 Å². The van der Waals surface area contributed by atoms with Gasteiger partial charge in [-0.05, 0) is 46.6 Å². The Morgan fingerprint density at radius 3 is 2.57 bits per heavy atom. The Morgan fingerprint density at radius 1 is 1.29 bits per heavy atom. The van der Waals surface area contributed by atoms with Gasteiger partial charge in [0.05, 0.1) is 10.6 Å². The van der Waals surface area contributed by atoms with E-state index < -0.39 is 10.8 Å². The third-order valence-corrected chi connectivity index (χ3v) is 3.54. The van der Waals surface area contributed by atoms with Gasteiger partial charge in [-0.3, -0.25) is 14.9 Å². The summed E-state index contributed by atoms with van der Waals surface area (Å²) in [7, 11) is 0. The number of hydrogen-bond acceptors (Lipinski definition) is 4. The molecular formula is C14H11BrN2O4. The van der Waals surface area contributed by atoms with Crippen LogP contribution in [0.2, 0.25) is 0 Å². The summed E-state index contributed by atoms with van der Waals surface area (Å²) in [6.07, 6.45) is 0. The summed E-state index contributed by atoms with van der Waals surface area (Å²) in [6.45, 7) is 1.73. The van der Waals surface area contributed by atoms with Crippen LogP contribution in [0.15, 0.2) is 40.9 Å². The van der Waals surface area contributed by atoms with Crippen molar-refractivity contribution in [3.8, 4) is 5.75 Å². The normalized spacial score (nSPS) is 10.2. The number of hydrogen-bond donors (Lipinski definition) is 2. The van der Waals surface area contributed by atoms with Gasteiger partial charge in [-0.15, -0.1) is 0 Å². The van der Waals surface area contributed by atoms with E-state index in [0.29, 0.717) is 21.3 Å². The average Bonchev–Trinajstić information content (AvgIpc) is 2.43. The Balaban J connectivity index is 2.23. The molecule has 0 aliphatic rings. The summed E-state index contributed by atoms with van der Waals surface area (Å²) in [6, 6.07) is 8.63. The Bertz CT molecular complexity index is 731. The quantitative estimate of drug-likeness (QED) is 0.652. The zero-order valence-electron chi connectivity index (χ0n) is 11.0. The maximum Gasteiger partial charge on any atom is 0.270 e. The van der Waals surface area contributed by atoms with Crippen molar-refractivity contribution in [3.05, 3.63) is 62.1 Å². The maximum atomic E-state index is 12.1. The molecule has 7 heteroatoms. The standard InChI is InChI=1S/C14H11BrN2O4/c1-8-2-3-9(6-13(8)18)14(19)16-12-5-4-10(17(20)21)7-11(12)15/h2-7,18H,1H3,(H,16,19). The van der Waals surface area contributed by atoms with Gasteiger partial charge in [0.25, 0.3) is 11.6 Å². The first-order chi connectivity index (χ1) is 9.88. The van der Waals surface area contributed by atoms with Gasteiger partial charge in [-0.1, -0.05) is 6.07 Å². The van der Waals surface area contributed by atoms with E-state index in [4.69, 9.17) is 0 Å². The van der Waals surface area contributed by atoms with E-state index in [-0.39, 0.29) is 11.4 Å². The number of carbonyl (C=O) groups is 1. The smallest absolute Gasteiger partial charge is 0.270 e. The molecular weight excluding hydrogens is 340 g/mol. The molecule has 0 bridgehead atoms. The second-order valence-corrected chi connectivity index (χ2v) is 5.23. The lowest BCUT2D eigenvalue weighted by atomic mass is 10.1. The molecule has 2 aromatic carbocycles. The number of nitrogens with one attached hydrogen (secondary N) is 1. The molecule has 2 N–H and O–H groups in total. The van der Waals surface area contributed by atoms with Gasteiger partial charge in [0.15, 0.2) is 0 Å². The minimum Gasteiger partial charge on any atom is -0.508 e. The molecule has 6 nitrogen and oxygen atoms in total. The highest BCUT2D eigenvalue weighted by molar-refractivity contribution is 9.10. The summed E-state index contributed by atoms with van der Waals surface area (Å²) < 4.78 is 0.404. The molecule has 0 fully saturated rings. The molecule has 0 unspecified atom stereocenters. The molecule has 0 spiro atoms. The van der Waals surface area contributed by atoms with Crippen molar-refractivity contribution in [2.75, 3.05) is 5.32 Å². The van der Waals surface area contributed by atoms with E-state index >= 15 is 0 Å². The number of nitro groups is 1. The van der Waals surface area contributed by atoms with Crippen molar-refractivity contribution in [1.29, 1.82) is 0 Å². The minimum atomic E-state index is -0.519. The fraction of sp³-hybridized carbons (Fsp3) is 0.0714. The van der Waals surface area contributed by atoms with Crippen LogP contribution in [0.3, 0.4) is 0 Å². The number of phenolic OH excluding ortho intramolecular Hbond substituents is 1. The second-order valence-electron chi connectivity index (χ2n) is 4.38. The highest BCUT2D eigenvalue weighted by Gasteiger charge is 2.13. The molecule has 0 radical (unpaired) electrons. The van der Waals surface area contributed by atoms with Crippen LogP contribution in [0.4, 0.5) is 11.4 Å². The molecule has 2 rings (SSSR count). The Kier molecular flexibility index (Phi) is 4.23. The number of non-ortho nitro benzene ring substituents is 1. The van der Waals surface area contributed by atoms with Crippen LogP contribution in [0.5, 0.6) is 5.75 Å². The second kappa shape index (κ2) is 5.92. The number of nitrogens with zero attached hydrogens (tertiary/aromatic N) is 1. The number of aromatic hydroxyl groups is 1. The molecule has 0 aliphatic heterocycles. The van der Waals surface area contributed by atoms with Crippen LogP contribution in [0.25, 0.3) is 0 Å². The van der Waals surface area contributed by atoms with Gasteiger partial charge in [-0.25, -0.2) is 0 Å². The van der Waals surface area contributed by atoms with Crippen molar-refractivity contribution in [1.82, 2.24) is 0 Å². The third-order valence-electron chi connectivity index (χ3n) is 2.88. The summed E-state index contributed by atoms with van der Waals surface area (Å²) in [5.74, 6) is -0.384. The molecule has 108 valence electrons. The number of amides is 1. The monoisotopic (exact) mass is 350 g/mol. The van der Waals surface area contributed by atoms with E-state index in [9.17, 15) is 20.0 Å². The lowest BCUT2D eigenvalue weighted by molar-refractivity contribution is -0.384. The number of anilines is 1. The molecule has 0 aromatic heterocycles. The first-order valence-electron chi connectivity index (χ1n) is 5.93. The molecule has 0 saturated carbocycles. The fourth-order valence-electron chi connectivity index (χ4n) is 1.66. The summed E-state index contributed by atoms with van der Waals surface area (Å²) in [4.78, 5) is 22.2. The SMILES string of the molecule is Cc1ccc(C(=O)Nc2ccc([N+](=O)[O-])cc2Br)cc1O. The van der Waals surface area contributed by atoms with Gasteiger partial charge in [0.2, 0.25) is 0 Å². The Morgan fingerprint density at radius 2 is 2.00 bits per heavy atom. The van der Waals surface area contributed by atoms with Crippen LogP contribution in [-0.2, 0) is 0 Å². The van der Waals surface area contributed by atoms with Gasteiger partial charge < -0.3 is 10.4 Å². The van der Waals surface area contributed by atoms with Gasteiger partial charge >= 0.3 is 0 Å². The fourth-order valence-corrected chi connectivity index (χ4v) is 2.13. The molecule has 0 saturated heterocycles. The zero-order chi connectivity index (χ0) is 15.6. The van der Waals surface area contributed by atoms with Crippen LogP contribution in [0, 0.1) is 17.0 Å². The molecule has 0 atom stereocenters. The van der Waals surface area contributed by atoms with Gasteiger partial charge in [-0.2, -0.15) is 0 Å². The first-order valence-corrected chi connectivity index (χ1v) is 6.72. The average molecular weight is 351 g/mol. The molecule has 1 amide bonds. The van der Waals surface area contributed by atoms with Crippen molar-refractivity contribution in [2.24, 2.45) is 0 Å². The Hall–Kier alpha value is -2.41. The number of nitro benzene ring substituents is 1. The van der Waals surface area contributed by atoms with E-state index in [1.165, 1.54) is 24.3 Å². The summed E-state index contributed by atoms with van der Waals surface area (Å²) in [5.41, 5.74) is 1.30. The number of aryl methyl sites for hydroxylation is 1. The molecule has 21 heavy (non-hydrogen) atoms. The summed E-state index contributed by atoms with van der Waals surface area (Å²) in [5, 5.41) is 22.9. The number of halogens is 1. The predicted molar refractivity (Wildman–Crippen MR) is 81.6 cm³/mol. The van der Waals surface area contributed by atoms with Crippen LogP contribution < -0.4 is 5.32 Å². The van der Waals surface area contributed by atoms with E-state index in [1.54, 1.807) is 19.1 Å². The highest BCUT2D eigenvalue weighted by atomic mass is 79.9. The number of benzene rings is 2. The van der Waals surface area contributed by atoms with E-state index in [0.717, 1.165) is 0 Å². The predicted octanol–water partition coefficient (Wildman–Crippen LogP) is 3.62. The van der Waals surface area contributed by atoms with Gasteiger partial charge in [0.1, 0.15) is 5.75 Å². The number of phenols is 1. The van der Waals surface area contributed by atoms with E-state index in [1.807, 2.05) is 0 Å². The molecule has 2 aromatic rings. The third kappa shape index (κ3) is 3.38. The van der Waals surface area contributed by atoms with Crippen molar-refractivity contribution < 1.29 is 14.8 Å². The highest BCUT2D eigenvalue weighted by Crippen LogP contribution is 2.28. The van der Waals surface area contributed by atoms with Crippen LogP contribution in [-0.4, -0.2) is 15.9 Å². The largest absolute Gasteiger partial charge is 0.508 e. The Labute approximate surface area is 128 Å². The molecule has 0 aliphatic carbocycles. The zero-order valence-corrected chi connectivity index (χ0v) is 12.5. The van der Waals surface area contributed by atoms with Crippen LogP contribution in [0.1, 0.15) is 15.9 Å². The summed E-state index contributed by atoms with van der Waals surface area (Å²) >= 11 is 3.17. The topological polar surface area (TPSA) is 92.5 Å². The van der Waals surface area contributed by atoms with Gasteiger partial charge in [0, 0.05) is 22.2 Å². The number of rotatable bonds is 3. The van der Waals surface area contributed by atoms with E-state index in [2.05, 4.69) is 21.2 Å². The lowest BCUT2D eigenvalue weighted by Gasteiger charge is -2.08. The van der Waals surface area contributed by atoms with Crippen molar-refractivity contribution in [2.45, 2.75) is 6.92 Å². The first kappa shape index (κ1) is 15.0. The minimum absolute atomic E-state index is 0.0328. The lowest BCUT2D eigenvalue weighted by Crippen LogP contribution is -2.12. The molecule has 0 heterocycles. The number of carbonyl (C=O) groups excluding carboxylic acids is 1. The maximum absolute atomic E-state index is 12.1. The van der Waals surface area contributed by atoms with Crippen molar-refractivity contribution in [3.63, 3.8) is 0 Å². The van der Waals surface area contributed by atoms with Crippen molar-refractivity contribution >= 4 is 33.2 Å².